The number of nitrogens with one attached hydrogen (secondary N) is 1. The molecule has 1 heterocycles. The Hall–Kier alpha value is -1.10. The molecule has 0 spiro atoms. The van der Waals surface area contributed by atoms with Gasteiger partial charge in [-0.25, -0.2) is 0 Å². The molecule has 17 heavy (non-hydrogen) atoms. The zero-order valence-electron chi connectivity index (χ0n) is 11.0. The van der Waals surface area contributed by atoms with Crippen molar-refractivity contribution in [3.8, 4) is 0 Å². The van der Waals surface area contributed by atoms with Crippen molar-refractivity contribution in [3.05, 3.63) is 0 Å². The molecule has 1 aliphatic heterocycles. The third-order valence-corrected chi connectivity index (χ3v) is 3.19. The van der Waals surface area contributed by atoms with Crippen LogP contribution in [-0.4, -0.2) is 61.9 Å². The first-order chi connectivity index (χ1) is 8.04. The van der Waals surface area contributed by atoms with Crippen LogP contribution in [0.25, 0.3) is 0 Å². The van der Waals surface area contributed by atoms with Crippen molar-refractivity contribution >= 4 is 11.8 Å². The van der Waals surface area contributed by atoms with Gasteiger partial charge in [0.15, 0.2) is 0 Å². The second-order valence-corrected chi connectivity index (χ2v) is 4.76. The second kappa shape index (κ2) is 6.59. The van der Waals surface area contributed by atoms with Crippen LogP contribution in [0.5, 0.6) is 0 Å². The molecule has 2 amide bonds. The molecule has 1 aliphatic rings. The highest BCUT2D eigenvalue weighted by Crippen LogP contribution is 2.13. The van der Waals surface area contributed by atoms with E-state index in [-0.39, 0.29) is 18.4 Å². The first-order valence-electron chi connectivity index (χ1n) is 6.23. The molecule has 0 radical (unpaired) electrons. The van der Waals surface area contributed by atoms with Crippen LogP contribution >= 0.6 is 0 Å². The van der Waals surface area contributed by atoms with Gasteiger partial charge in [0.25, 0.3) is 0 Å². The molecule has 5 nitrogen and oxygen atoms in total. The summed E-state index contributed by atoms with van der Waals surface area (Å²) < 4.78 is 0. The summed E-state index contributed by atoms with van der Waals surface area (Å²) in [4.78, 5) is 26.7. The van der Waals surface area contributed by atoms with Crippen molar-refractivity contribution in [3.63, 3.8) is 0 Å². The van der Waals surface area contributed by atoms with Crippen LogP contribution < -0.4 is 5.32 Å². The average Bonchev–Trinajstić information content (AvgIpc) is 2.77. The van der Waals surface area contributed by atoms with Gasteiger partial charge in [-0.1, -0.05) is 0 Å². The highest BCUT2D eigenvalue weighted by atomic mass is 16.2. The number of amides is 2. The summed E-state index contributed by atoms with van der Waals surface area (Å²) in [5.41, 5.74) is 0. The quantitative estimate of drug-likeness (QED) is 0.732. The maximum absolute atomic E-state index is 12.0. The molecule has 0 aromatic rings. The SMILES string of the molecule is CCN(CC(=O)N(C)C)C(=O)CC1CCNC1. The lowest BCUT2D eigenvalue weighted by Crippen LogP contribution is -2.40. The van der Waals surface area contributed by atoms with Gasteiger partial charge in [-0.15, -0.1) is 0 Å². The lowest BCUT2D eigenvalue weighted by atomic mass is 10.0. The van der Waals surface area contributed by atoms with Gasteiger partial charge in [0.05, 0.1) is 6.54 Å². The van der Waals surface area contributed by atoms with Crippen molar-refractivity contribution in [1.82, 2.24) is 15.1 Å². The first kappa shape index (κ1) is 14.0. The fourth-order valence-electron chi connectivity index (χ4n) is 1.95. The molecule has 0 bridgehead atoms. The summed E-state index contributed by atoms with van der Waals surface area (Å²) >= 11 is 0. The predicted molar refractivity (Wildman–Crippen MR) is 66.5 cm³/mol. The molecule has 5 heteroatoms. The Labute approximate surface area is 103 Å². The maximum Gasteiger partial charge on any atom is 0.241 e. The van der Waals surface area contributed by atoms with Gasteiger partial charge in [-0.3, -0.25) is 9.59 Å². The number of carbonyl (C=O) groups excluding carboxylic acids is 2. The van der Waals surface area contributed by atoms with Gasteiger partial charge in [0.1, 0.15) is 0 Å². The minimum Gasteiger partial charge on any atom is -0.347 e. The van der Waals surface area contributed by atoms with Crippen molar-refractivity contribution < 1.29 is 9.59 Å². The molecular formula is C12H23N3O2. The minimum atomic E-state index is -0.0234. The highest BCUT2D eigenvalue weighted by molar-refractivity contribution is 5.84. The molecule has 0 aromatic heterocycles. The topological polar surface area (TPSA) is 52.7 Å². The molecule has 1 fully saturated rings. The zero-order valence-corrected chi connectivity index (χ0v) is 11.0. The van der Waals surface area contributed by atoms with Crippen LogP contribution in [0.2, 0.25) is 0 Å². The number of likely N-dealkylation sites (N-methyl/N-ethyl adjacent to an activating group) is 2. The summed E-state index contributed by atoms with van der Waals surface area (Å²) in [7, 11) is 3.42. The molecule has 1 atom stereocenters. The smallest absolute Gasteiger partial charge is 0.241 e. The van der Waals surface area contributed by atoms with Crippen LogP contribution in [0.15, 0.2) is 0 Å². The molecule has 1 N–H and O–H groups in total. The largest absolute Gasteiger partial charge is 0.347 e. The highest BCUT2D eigenvalue weighted by Gasteiger charge is 2.22. The van der Waals surface area contributed by atoms with Gasteiger partial charge < -0.3 is 15.1 Å². The average molecular weight is 241 g/mol. The summed E-state index contributed by atoms with van der Waals surface area (Å²) in [6, 6.07) is 0. The van der Waals surface area contributed by atoms with Gasteiger partial charge in [0, 0.05) is 27.1 Å². The predicted octanol–water partition coefficient (Wildman–Crippen LogP) is -0.0773. The fourth-order valence-corrected chi connectivity index (χ4v) is 1.95. The van der Waals surface area contributed by atoms with Gasteiger partial charge in [-0.2, -0.15) is 0 Å². The van der Waals surface area contributed by atoms with E-state index in [0.29, 0.717) is 18.9 Å². The lowest BCUT2D eigenvalue weighted by Gasteiger charge is -2.23. The monoisotopic (exact) mass is 241 g/mol. The Balaban J connectivity index is 2.42. The summed E-state index contributed by atoms with van der Waals surface area (Å²) in [5.74, 6) is 0.507. The molecule has 0 aromatic carbocycles. The van der Waals surface area contributed by atoms with Crippen molar-refractivity contribution in [2.75, 3.05) is 40.3 Å². The van der Waals surface area contributed by atoms with Crippen molar-refractivity contribution in [1.29, 1.82) is 0 Å². The van der Waals surface area contributed by atoms with E-state index >= 15 is 0 Å². The summed E-state index contributed by atoms with van der Waals surface area (Å²) in [6.07, 6.45) is 1.62. The van der Waals surface area contributed by atoms with E-state index in [1.54, 1.807) is 19.0 Å². The molecule has 0 saturated carbocycles. The van der Waals surface area contributed by atoms with E-state index in [9.17, 15) is 9.59 Å². The summed E-state index contributed by atoms with van der Waals surface area (Å²) in [6.45, 7) is 4.63. The molecule has 1 rings (SSSR count). The molecule has 98 valence electrons. The first-order valence-corrected chi connectivity index (χ1v) is 6.23. The lowest BCUT2D eigenvalue weighted by molar-refractivity contribution is -0.139. The zero-order chi connectivity index (χ0) is 12.8. The van der Waals surface area contributed by atoms with Crippen molar-refractivity contribution in [2.45, 2.75) is 19.8 Å². The Morgan fingerprint density at radius 2 is 2.00 bits per heavy atom. The third-order valence-electron chi connectivity index (χ3n) is 3.19. The Morgan fingerprint density at radius 3 is 2.47 bits per heavy atom. The number of nitrogens with zero attached hydrogens (tertiary/aromatic N) is 2. The molecule has 1 unspecified atom stereocenters. The van der Waals surface area contributed by atoms with Crippen LogP contribution in [0.1, 0.15) is 19.8 Å². The molecular weight excluding hydrogens is 218 g/mol. The normalized spacial score (nSPS) is 19.1. The van der Waals surface area contributed by atoms with Gasteiger partial charge in [-0.05, 0) is 32.4 Å². The van der Waals surface area contributed by atoms with Crippen molar-refractivity contribution in [2.24, 2.45) is 5.92 Å². The van der Waals surface area contributed by atoms with Crippen LogP contribution in [0.4, 0.5) is 0 Å². The number of rotatable bonds is 5. The van der Waals surface area contributed by atoms with E-state index < -0.39 is 0 Å². The summed E-state index contributed by atoms with van der Waals surface area (Å²) in [5, 5.41) is 3.25. The second-order valence-electron chi connectivity index (χ2n) is 4.76. The number of hydrogen-bond acceptors (Lipinski definition) is 3. The van der Waals surface area contributed by atoms with E-state index in [2.05, 4.69) is 5.32 Å². The molecule has 0 aliphatic carbocycles. The van der Waals surface area contributed by atoms with Gasteiger partial charge >= 0.3 is 0 Å². The van der Waals surface area contributed by atoms with E-state index in [1.165, 1.54) is 4.90 Å². The van der Waals surface area contributed by atoms with Crippen LogP contribution in [-0.2, 0) is 9.59 Å². The fraction of sp³-hybridized carbons (Fsp3) is 0.833. The standard InChI is InChI=1S/C12H23N3O2/c1-4-15(9-12(17)14(2)3)11(16)7-10-5-6-13-8-10/h10,13H,4-9H2,1-3H3. The maximum atomic E-state index is 12.0. The van der Waals surface area contributed by atoms with E-state index in [0.717, 1.165) is 19.5 Å². The molecule has 1 saturated heterocycles. The Bertz CT molecular complexity index is 273. The van der Waals surface area contributed by atoms with E-state index in [4.69, 9.17) is 0 Å². The van der Waals surface area contributed by atoms with Crippen LogP contribution in [0.3, 0.4) is 0 Å². The van der Waals surface area contributed by atoms with Gasteiger partial charge in [0.2, 0.25) is 11.8 Å². The minimum absolute atomic E-state index is 0.0234. The number of hydrogen-bond donors (Lipinski definition) is 1. The Morgan fingerprint density at radius 1 is 1.29 bits per heavy atom. The number of carbonyl (C=O) groups is 2. The van der Waals surface area contributed by atoms with E-state index in [1.807, 2.05) is 6.92 Å². The van der Waals surface area contributed by atoms with Crippen LogP contribution in [0, 0.1) is 5.92 Å². The third kappa shape index (κ3) is 4.34. The Kier molecular flexibility index (Phi) is 5.41.